The highest BCUT2D eigenvalue weighted by atomic mass is 79.9. The summed E-state index contributed by atoms with van der Waals surface area (Å²) in [5.74, 6) is 2.44. The number of rotatable bonds is 7. The van der Waals surface area contributed by atoms with Crippen molar-refractivity contribution in [2.75, 3.05) is 19.4 Å². The van der Waals surface area contributed by atoms with Crippen LogP contribution in [-0.2, 0) is 5.75 Å². The molecule has 3 aromatic carbocycles. The number of methoxy groups -OCH3 is 1. The predicted molar refractivity (Wildman–Crippen MR) is 118 cm³/mol. The van der Waals surface area contributed by atoms with Crippen LogP contribution in [0.1, 0.15) is 15.9 Å². The minimum Gasteiger partial charge on any atom is -0.496 e. The van der Waals surface area contributed by atoms with E-state index in [1.54, 1.807) is 43.1 Å². The van der Waals surface area contributed by atoms with Crippen molar-refractivity contribution in [3.05, 3.63) is 75.2 Å². The van der Waals surface area contributed by atoms with Gasteiger partial charge in [-0.1, -0.05) is 39.7 Å². The summed E-state index contributed by atoms with van der Waals surface area (Å²) in [6.45, 7) is 0.602. The van der Waals surface area contributed by atoms with Crippen molar-refractivity contribution >= 4 is 56.0 Å². The summed E-state index contributed by atoms with van der Waals surface area (Å²) >= 11 is 11.1. The molecule has 0 heterocycles. The largest absolute Gasteiger partial charge is 0.496 e. The van der Waals surface area contributed by atoms with Gasteiger partial charge in [0.15, 0.2) is 0 Å². The average molecular weight is 465 g/mol. The van der Waals surface area contributed by atoms with Gasteiger partial charge in [-0.05, 0) is 53.2 Å². The van der Waals surface area contributed by atoms with Gasteiger partial charge in [0.05, 0.1) is 7.11 Å². The number of ether oxygens (including phenoxy) is 1. The molecular formula is C21H19BrClNO2S. The smallest absolute Gasteiger partial charge is 0.251 e. The van der Waals surface area contributed by atoms with E-state index >= 15 is 0 Å². The van der Waals surface area contributed by atoms with Crippen LogP contribution in [0.15, 0.2) is 59.1 Å². The van der Waals surface area contributed by atoms with Gasteiger partial charge >= 0.3 is 0 Å². The molecule has 0 atom stereocenters. The normalized spacial score (nSPS) is 10.8. The number of thioether (sulfide) groups is 1. The molecule has 0 saturated heterocycles. The molecule has 0 aliphatic carbocycles. The van der Waals surface area contributed by atoms with E-state index in [1.165, 1.54) is 16.3 Å². The van der Waals surface area contributed by atoms with Crippen LogP contribution in [0.3, 0.4) is 0 Å². The first kappa shape index (κ1) is 20.1. The Balaban J connectivity index is 1.57. The lowest BCUT2D eigenvalue weighted by Crippen LogP contribution is -2.25. The van der Waals surface area contributed by atoms with Crippen molar-refractivity contribution in [3.8, 4) is 5.75 Å². The van der Waals surface area contributed by atoms with E-state index in [0.717, 1.165) is 21.7 Å². The standard InChI is InChI=1S/C21H19BrClNO2S/c1-26-20-9-4-15-12-16(22)5-8-18(15)19(20)13-27-11-10-24-21(25)14-2-6-17(23)7-3-14/h2-9,12H,10-11,13H2,1H3,(H,24,25). The number of carbonyl (C=O) groups is 1. The van der Waals surface area contributed by atoms with Crippen LogP contribution in [0.5, 0.6) is 5.75 Å². The molecule has 1 amide bonds. The molecule has 3 rings (SSSR count). The van der Waals surface area contributed by atoms with Gasteiger partial charge in [-0.25, -0.2) is 0 Å². The van der Waals surface area contributed by atoms with Crippen LogP contribution < -0.4 is 10.1 Å². The van der Waals surface area contributed by atoms with E-state index in [2.05, 4.69) is 39.4 Å². The molecule has 0 aromatic heterocycles. The number of hydrogen-bond donors (Lipinski definition) is 1. The summed E-state index contributed by atoms with van der Waals surface area (Å²) in [4.78, 5) is 12.1. The second-order valence-electron chi connectivity index (χ2n) is 5.93. The monoisotopic (exact) mass is 463 g/mol. The molecule has 0 aliphatic rings. The molecule has 6 heteroatoms. The number of amides is 1. The van der Waals surface area contributed by atoms with Gasteiger partial charge in [0.25, 0.3) is 5.91 Å². The van der Waals surface area contributed by atoms with E-state index in [1.807, 2.05) is 12.1 Å². The van der Waals surface area contributed by atoms with Gasteiger partial charge in [0, 0.05) is 38.7 Å². The quantitative estimate of drug-likeness (QED) is 0.441. The molecule has 1 N–H and O–H groups in total. The number of hydrogen-bond acceptors (Lipinski definition) is 3. The molecule has 0 aliphatic heterocycles. The molecule has 0 bridgehead atoms. The summed E-state index contributed by atoms with van der Waals surface area (Å²) < 4.78 is 6.60. The number of benzene rings is 3. The first-order valence-corrected chi connectivity index (χ1v) is 10.8. The fourth-order valence-electron chi connectivity index (χ4n) is 2.80. The Morgan fingerprint density at radius 3 is 2.67 bits per heavy atom. The molecule has 3 aromatic rings. The SMILES string of the molecule is COc1ccc2cc(Br)ccc2c1CSCCNC(=O)c1ccc(Cl)cc1. The van der Waals surface area contributed by atoms with Gasteiger partial charge in [-0.3, -0.25) is 4.79 Å². The first-order valence-electron chi connectivity index (χ1n) is 8.45. The molecule has 27 heavy (non-hydrogen) atoms. The zero-order chi connectivity index (χ0) is 19.2. The summed E-state index contributed by atoms with van der Waals surface area (Å²) in [6.07, 6.45) is 0. The lowest BCUT2D eigenvalue weighted by molar-refractivity contribution is 0.0956. The van der Waals surface area contributed by atoms with E-state index < -0.39 is 0 Å². The second kappa shape index (κ2) is 9.49. The maximum atomic E-state index is 12.1. The summed E-state index contributed by atoms with van der Waals surface area (Å²) in [6, 6.07) is 17.2. The molecule has 0 saturated carbocycles. The third-order valence-corrected chi connectivity index (χ3v) is 5.89. The fraction of sp³-hybridized carbons (Fsp3) is 0.190. The minimum absolute atomic E-state index is 0.0835. The third-order valence-electron chi connectivity index (χ3n) is 4.16. The summed E-state index contributed by atoms with van der Waals surface area (Å²) in [7, 11) is 1.69. The average Bonchev–Trinajstić information content (AvgIpc) is 2.67. The highest BCUT2D eigenvalue weighted by Crippen LogP contribution is 2.32. The minimum atomic E-state index is -0.0835. The van der Waals surface area contributed by atoms with Crippen LogP contribution in [-0.4, -0.2) is 25.3 Å². The van der Waals surface area contributed by atoms with Crippen molar-refractivity contribution in [2.24, 2.45) is 0 Å². The maximum absolute atomic E-state index is 12.1. The van der Waals surface area contributed by atoms with Crippen LogP contribution in [0.4, 0.5) is 0 Å². The zero-order valence-electron chi connectivity index (χ0n) is 14.8. The molecule has 140 valence electrons. The number of nitrogens with one attached hydrogen (secondary N) is 1. The van der Waals surface area contributed by atoms with Crippen molar-refractivity contribution in [1.82, 2.24) is 5.32 Å². The third kappa shape index (κ3) is 5.18. The molecular weight excluding hydrogens is 446 g/mol. The Bertz CT molecular complexity index is 947. The lowest BCUT2D eigenvalue weighted by atomic mass is 10.0. The Hall–Kier alpha value is -1.69. The van der Waals surface area contributed by atoms with Gasteiger partial charge in [-0.2, -0.15) is 11.8 Å². The number of fused-ring (bicyclic) bond motifs is 1. The molecule has 0 spiro atoms. The number of carbonyl (C=O) groups excluding carboxylic acids is 1. The van der Waals surface area contributed by atoms with E-state index in [4.69, 9.17) is 16.3 Å². The predicted octanol–water partition coefficient (Wildman–Crippen LogP) is 5.93. The fourth-order valence-corrected chi connectivity index (χ4v) is 4.20. The molecule has 0 unspecified atom stereocenters. The van der Waals surface area contributed by atoms with Crippen molar-refractivity contribution < 1.29 is 9.53 Å². The highest BCUT2D eigenvalue weighted by molar-refractivity contribution is 9.10. The van der Waals surface area contributed by atoms with Crippen LogP contribution >= 0.6 is 39.3 Å². The van der Waals surface area contributed by atoms with Crippen LogP contribution in [0.25, 0.3) is 10.8 Å². The van der Waals surface area contributed by atoms with Gasteiger partial charge in [0.1, 0.15) is 5.75 Å². The molecule has 0 fully saturated rings. The topological polar surface area (TPSA) is 38.3 Å². The van der Waals surface area contributed by atoms with E-state index in [9.17, 15) is 4.79 Å². The maximum Gasteiger partial charge on any atom is 0.251 e. The highest BCUT2D eigenvalue weighted by Gasteiger charge is 2.09. The van der Waals surface area contributed by atoms with Crippen molar-refractivity contribution in [1.29, 1.82) is 0 Å². The van der Waals surface area contributed by atoms with Crippen LogP contribution in [0, 0.1) is 0 Å². The van der Waals surface area contributed by atoms with Gasteiger partial charge in [-0.15, -0.1) is 0 Å². The molecule has 0 radical (unpaired) electrons. The molecule has 3 nitrogen and oxygen atoms in total. The zero-order valence-corrected chi connectivity index (χ0v) is 18.0. The Labute approximate surface area is 176 Å². The Morgan fingerprint density at radius 1 is 1.15 bits per heavy atom. The lowest BCUT2D eigenvalue weighted by Gasteiger charge is -2.12. The van der Waals surface area contributed by atoms with Gasteiger partial charge in [0.2, 0.25) is 0 Å². The Kier molecular flexibility index (Phi) is 7.05. The number of halogens is 2. The van der Waals surface area contributed by atoms with Gasteiger partial charge < -0.3 is 10.1 Å². The summed E-state index contributed by atoms with van der Waals surface area (Å²) in [5, 5.41) is 5.93. The second-order valence-corrected chi connectivity index (χ2v) is 8.38. The first-order chi connectivity index (χ1) is 13.1. The Morgan fingerprint density at radius 2 is 1.93 bits per heavy atom. The van der Waals surface area contributed by atoms with E-state index in [-0.39, 0.29) is 5.91 Å². The van der Waals surface area contributed by atoms with Crippen molar-refractivity contribution in [2.45, 2.75) is 5.75 Å². The summed E-state index contributed by atoms with van der Waals surface area (Å²) in [5.41, 5.74) is 1.79. The van der Waals surface area contributed by atoms with E-state index in [0.29, 0.717) is 17.1 Å². The van der Waals surface area contributed by atoms with Crippen molar-refractivity contribution in [3.63, 3.8) is 0 Å². The van der Waals surface area contributed by atoms with Crippen LogP contribution in [0.2, 0.25) is 5.02 Å².